The molecule has 2 fully saturated rings. The highest BCUT2D eigenvalue weighted by atomic mass is 31.2. The summed E-state index contributed by atoms with van der Waals surface area (Å²) in [6.45, 7) is -0.104. The number of hydrogen-bond acceptors (Lipinski definition) is 6. The lowest BCUT2D eigenvalue weighted by molar-refractivity contribution is -0.0704. The van der Waals surface area contributed by atoms with Crippen LogP contribution in [0.1, 0.15) is 6.23 Å². The van der Waals surface area contributed by atoms with E-state index < -0.39 is 32.4 Å². The van der Waals surface area contributed by atoms with Crippen LogP contribution in [0.2, 0.25) is 0 Å². The van der Waals surface area contributed by atoms with Crippen LogP contribution in [-0.2, 0) is 18.3 Å². The molecule has 1 aromatic heterocycles. The highest BCUT2D eigenvalue weighted by Crippen LogP contribution is 2.52. The predicted octanol–water partition coefficient (Wildman–Crippen LogP) is 0.810. The van der Waals surface area contributed by atoms with Crippen molar-refractivity contribution in [2.24, 2.45) is 0 Å². The molecule has 2 aliphatic heterocycles. The Bertz CT molecular complexity index is 700. The zero-order valence-electron chi connectivity index (χ0n) is 10.8. The van der Waals surface area contributed by atoms with Gasteiger partial charge in [0.1, 0.15) is 18.3 Å². The first-order valence-corrected chi connectivity index (χ1v) is 7.96. The van der Waals surface area contributed by atoms with Crippen LogP contribution in [0.25, 0.3) is 10.9 Å². The summed E-state index contributed by atoms with van der Waals surface area (Å²) in [7, 11) is -4.11. The van der Waals surface area contributed by atoms with E-state index in [1.165, 1.54) is 4.68 Å². The molecule has 9 heteroatoms. The van der Waals surface area contributed by atoms with Crippen LogP contribution in [0.15, 0.2) is 30.5 Å². The molecule has 5 atom stereocenters. The van der Waals surface area contributed by atoms with Gasteiger partial charge < -0.3 is 14.7 Å². The second kappa shape index (κ2) is 4.61. The van der Waals surface area contributed by atoms with Crippen LogP contribution in [0, 0.1) is 0 Å². The largest absolute Gasteiger partial charge is 0.472 e. The quantitative estimate of drug-likeness (QED) is 0.751. The van der Waals surface area contributed by atoms with Crippen molar-refractivity contribution in [3.63, 3.8) is 0 Å². The first-order chi connectivity index (χ1) is 10.0. The monoisotopic (exact) mass is 312 g/mol. The van der Waals surface area contributed by atoms with E-state index in [2.05, 4.69) is 5.10 Å². The highest BCUT2D eigenvalue weighted by Gasteiger charge is 2.52. The third-order valence-electron chi connectivity index (χ3n) is 3.66. The van der Waals surface area contributed by atoms with E-state index in [0.717, 1.165) is 10.9 Å². The summed E-state index contributed by atoms with van der Waals surface area (Å²) in [5.41, 5.74) is 0.771. The molecule has 4 unspecified atom stereocenters. The molecule has 3 heterocycles. The summed E-state index contributed by atoms with van der Waals surface area (Å²) in [6.07, 6.45) is -1.65. The zero-order valence-corrected chi connectivity index (χ0v) is 11.7. The molecule has 1 aromatic carbocycles. The Balaban J connectivity index is 1.66. The lowest BCUT2D eigenvalue weighted by Crippen LogP contribution is -2.39. The van der Waals surface area contributed by atoms with Crippen LogP contribution in [0.4, 0.5) is 0 Å². The SMILES string of the molecule is O=P1(O)OCC2OC(n3cc4ccccc4n3)C(O)[C@@H]2O1. The van der Waals surface area contributed by atoms with Crippen LogP contribution >= 0.6 is 7.82 Å². The number of phosphoric ester groups is 1. The molecule has 2 aromatic rings. The maximum Gasteiger partial charge on any atom is 0.472 e. The molecular formula is C12H13N2O6P. The van der Waals surface area contributed by atoms with Crippen LogP contribution < -0.4 is 0 Å². The summed E-state index contributed by atoms with van der Waals surface area (Å²) < 4.78 is 28.2. The molecule has 112 valence electrons. The molecule has 0 bridgehead atoms. The van der Waals surface area contributed by atoms with Gasteiger partial charge in [-0.15, -0.1) is 0 Å². The number of hydrogen-bond donors (Lipinski definition) is 2. The molecular weight excluding hydrogens is 299 g/mol. The Hall–Kier alpha value is -1.28. The van der Waals surface area contributed by atoms with Crippen molar-refractivity contribution >= 4 is 18.7 Å². The smallest absolute Gasteiger partial charge is 0.385 e. The average Bonchev–Trinajstić information content (AvgIpc) is 3.00. The van der Waals surface area contributed by atoms with Crippen LogP contribution in [-0.4, -0.2) is 44.7 Å². The van der Waals surface area contributed by atoms with Gasteiger partial charge in [-0.25, -0.2) is 9.25 Å². The van der Waals surface area contributed by atoms with Gasteiger partial charge >= 0.3 is 7.82 Å². The topological polar surface area (TPSA) is 103 Å². The molecule has 0 spiro atoms. The Morgan fingerprint density at radius 2 is 2.19 bits per heavy atom. The molecule has 0 amide bonds. The summed E-state index contributed by atoms with van der Waals surface area (Å²) in [6, 6.07) is 7.50. The van der Waals surface area contributed by atoms with E-state index >= 15 is 0 Å². The standard InChI is InChI=1S/C12H13N2O6P/c15-10-11-9(6-18-21(16,17)20-11)19-12(10)14-5-7-3-1-2-4-8(7)13-14/h1-5,9-12,15H,6H2,(H,16,17)/t9?,10?,11-,12?/m1/s1. The first kappa shape index (κ1) is 13.4. The summed E-state index contributed by atoms with van der Waals surface area (Å²) in [5.74, 6) is 0. The van der Waals surface area contributed by atoms with E-state index in [0.29, 0.717) is 0 Å². The Kier molecular flexibility index (Phi) is 2.94. The summed E-state index contributed by atoms with van der Waals surface area (Å²) >= 11 is 0. The van der Waals surface area contributed by atoms with E-state index in [-0.39, 0.29) is 6.61 Å². The number of rotatable bonds is 1. The molecule has 4 rings (SSSR count). The van der Waals surface area contributed by atoms with Crippen molar-refractivity contribution in [3.05, 3.63) is 30.5 Å². The lowest BCUT2D eigenvalue weighted by Gasteiger charge is -2.27. The minimum absolute atomic E-state index is 0.104. The number of phosphoric acid groups is 1. The molecule has 2 aliphatic rings. The summed E-state index contributed by atoms with van der Waals surface area (Å²) in [5, 5.41) is 15.5. The lowest BCUT2D eigenvalue weighted by atomic mass is 10.1. The second-order valence-corrected chi connectivity index (χ2v) is 6.46. The molecule has 2 N–H and O–H groups in total. The molecule has 8 nitrogen and oxygen atoms in total. The number of fused-ring (bicyclic) bond motifs is 2. The average molecular weight is 312 g/mol. The van der Waals surface area contributed by atoms with Gasteiger partial charge in [-0.2, -0.15) is 5.10 Å². The Labute approximate surface area is 119 Å². The Morgan fingerprint density at radius 1 is 1.38 bits per heavy atom. The van der Waals surface area contributed by atoms with Crippen molar-refractivity contribution in [1.82, 2.24) is 9.78 Å². The molecule has 2 saturated heterocycles. The van der Waals surface area contributed by atoms with Crippen LogP contribution in [0.3, 0.4) is 0 Å². The first-order valence-electron chi connectivity index (χ1n) is 6.47. The van der Waals surface area contributed by atoms with E-state index in [1.807, 2.05) is 24.3 Å². The van der Waals surface area contributed by atoms with E-state index in [1.54, 1.807) is 6.20 Å². The fraction of sp³-hybridized carbons (Fsp3) is 0.417. The van der Waals surface area contributed by atoms with Gasteiger partial charge in [0.05, 0.1) is 12.1 Å². The van der Waals surface area contributed by atoms with Gasteiger partial charge in [-0.1, -0.05) is 18.2 Å². The van der Waals surface area contributed by atoms with Gasteiger partial charge in [-0.05, 0) is 6.07 Å². The number of aromatic nitrogens is 2. The van der Waals surface area contributed by atoms with Crippen molar-refractivity contribution in [3.8, 4) is 0 Å². The van der Waals surface area contributed by atoms with E-state index in [4.69, 9.17) is 13.8 Å². The molecule has 0 saturated carbocycles. The maximum absolute atomic E-state index is 11.4. The molecule has 0 aliphatic carbocycles. The van der Waals surface area contributed by atoms with Crippen molar-refractivity contribution in [2.75, 3.05) is 6.61 Å². The summed E-state index contributed by atoms with van der Waals surface area (Å²) in [4.78, 5) is 9.33. The number of aliphatic hydroxyl groups is 1. The van der Waals surface area contributed by atoms with Gasteiger partial charge in [0.25, 0.3) is 0 Å². The van der Waals surface area contributed by atoms with Crippen molar-refractivity contribution in [2.45, 2.75) is 24.5 Å². The van der Waals surface area contributed by atoms with Gasteiger partial charge in [0.15, 0.2) is 6.23 Å². The van der Waals surface area contributed by atoms with Gasteiger partial charge in [-0.3, -0.25) is 9.05 Å². The van der Waals surface area contributed by atoms with Crippen molar-refractivity contribution in [1.29, 1.82) is 0 Å². The molecule has 0 radical (unpaired) electrons. The van der Waals surface area contributed by atoms with Crippen molar-refractivity contribution < 1.29 is 28.3 Å². The Morgan fingerprint density at radius 3 is 3.00 bits per heavy atom. The van der Waals surface area contributed by atoms with Gasteiger partial charge in [0, 0.05) is 11.6 Å². The number of ether oxygens (including phenoxy) is 1. The highest BCUT2D eigenvalue weighted by molar-refractivity contribution is 7.47. The normalized spacial score (nSPS) is 39.5. The van der Waals surface area contributed by atoms with Gasteiger partial charge in [0.2, 0.25) is 0 Å². The second-order valence-electron chi connectivity index (χ2n) is 5.06. The predicted molar refractivity (Wildman–Crippen MR) is 70.3 cm³/mol. The maximum atomic E-state index is 11.4. The number of nitrogens with zero attached hydrogens (tertiary/aromatic N) is 2. The zero-order chi connectivity index (χ0) is 14.6. The minimum atomic E-state index is -4.11. The van der Waals surface area contributed by atoms with Crippen LogP contribution in [0.5, 0.6) is 0 Å². The fourth-order valence-electron chi connectivity index (χ4n) is 2.67. The molecule has 21 heavy (non-hydrogen) atoms. The fourth-order valence-corrected chi connectivity index (χ4v) is 3.63. The third-order valence-corrected chi connectivity index (χ3v) is 4.64. The number of benzene rings is 1. The minimum Gasteiger partial charge on any atom is -0.385 e. The number of aliphatic hydroxyl groups excluding tert-OH is 1. The third kappa shape index (κ3) is 2.20. The van der Waals surface area contributed by atoms with E-state index in [9.17, 15) is 14.6 Å².